The number of carbonyl (C=O) groups excluding carboxylic acids is 1. The Balaban J connectivity index is 2.02. The van der Waals surface area contributed by atoms with Crippen molar-refractivity contribution in [3.8, 4) is 0 Å². The summed E-state index contributed by atoms with van der Waals surface area (Å²) in [5.41, 5.74) is 1.46. The SMILES string of the molecule is Cc1c(Cl)ccc2sc(N3CC(S(=O)(=O)F)CC3=O)nc12. The van der Waals surface area contributed by atoms with Gasteiger partial charge in [-0.2, -0.15) is 8.42 Å². The second kappa shape index (κ2) is 4.89. The second-order valence-electron chi connectivity index (χ2n) is 4.82. The molecule has 1 aromatic carbocycles. The summed E-state index contributed by atoms with van der Waals surface area (Å²) in [6, 6.07) is 3.53. The molecule has 2 heterocycles. The Hall–Kier alpha value is -1.25. The highest BCUT2D eigenvalue weighted by Gasteiger charge is 2.40. The molecule has 0 saturated carbocycles. The van der Waals surface area contributed by atoms with Gasteiger partial charge in [0.15, 0.2) is 5.13 Å². The lowest BCUT2D eigenvalue weighted by Crippen LogP contribution is -2.26. The quantitative estimate of drug-likeness (QED) is 0.782. The van der Waals surface area contributed by atoms with E-state index in [2.05, 4.69) is 4.98 Å². The molecule has 0 bridgehead atoms. The van der Waals surface area contributed by atoms with E-state index < -0.39 is 21.4 Å². The second-order valence-corrected chi connectivity index (χ2v) is 7.86. The van der Waals surface area contributed by atoms with E-state index in [0.717, 1.165) is 10.3 Å². The zero-order valence-electron chi connectivity index (χ0n) is 10.8. The third kappa shape index (κ3) is 2.51. The number of aromatic nitrogens is 1. The van der Waals surface area contributed by atoms with E-state index in [1.54, 1.807) is 12.1 Å². The number of thiazole rings is 1. The number of carbonyl (C=O) groups is 1. The third-order valence-corrected chi connectivity index (χ3v) is 6.02. The maximum Gasteiger partial charge on any atom is 0.307 e. The number of aryl methyl sites for hydroxylation is 1. The van der Waals surface area contributed by atoms with E-state index in [1.165, 1.54) is 16.2 Å². The highest BCUT2D eigenvalue weighted by atomic mass is 35.5. The maximum absolute atomic E-state index is 13.0. The summed E-state index contributed by atoms with van der Waals surface area (Å²) in [6.45, 7) is 1.61. The number of amides is 1. The van der Waals surface area contributed by atoms with Crippen LogP contribution in [0.25, 0.3) is 10.2 Å². The maximum atomic E-state index is 13.0. The number of fused-ring (bicyclic) bond motifs is 1. The van der Waals surface area contributed by atoms with Crippen molar-refractivity contribution in [2.45, 2.75) is 18.6 Å². The normalized spacial score (nSPS) is 19.7. The van der Waals surface area contributed by atoms with Gasteiger partial charge in [-0.1, -0.05) is 22.9 Å². The van der Waals surface area contributed by atoms with Crippen LogP contribution in [0, 0.1) is 6.92 Å². The minimum absolute atomic E-state index is 0.204. The van der Waals surface area contributed by atoms with Crippen molar-refractivity contribution in [2.24, 2.45) is 0 Å². The van der Waals surface area contributed by atoms with E-state index in [-0.39, 0.29) is 13.0 Å². The zero-order valence-corrected chi connectivity index (χ0v) is 13.2. The van der Waals surface area contributed by atoms with Crippen molar-refractivity contribution >= 4 is 54.4 Å². The van der Waals surface area contributed by atoms with Gasteiger partial charge in [0.25, 0.3) is 0 Å². The molecule has 1 saturated heterocycles. The minimum Gasteiger partial charge on any atom is -0.287 e. The lowest BCUT2D eigenvalue weighted by molar-refractivity contribution is -0.117. The third-order valence-electron chi connectivity index (χ3n) is 3.46. The average molecular weight is 349 g/mol. The molecule has 0 N–H and O–H groups in total. The monoisotopic (exact) mass is 348 g/mol. The first-order chi connectivity index (χ1) is 9.77. The molecule has 0 aliphatic carbocycles. The molecule has 1 amide bonds. The van der Waals surface area contributed by atoms with Crippen molar-refractivity contribution in [3.05, 3.63) is 22.7 Å². The fourth-order valence-electron chi connectivity index (χ4n) is 2.25. The Morgan fingerprint density at radius 2 is 2.19 bits per heavy atom. The number of benzene rings is 1. The number of rotatable bonds is 2. The Labute approximate surface area is 129 Å². The van der Waals surface area contributed by atoms with Crippen LogP contribution in [-0.2, 0) is 15.0 Å². The number of halogens is 2. The van der Waals surface area contributed by atoms with Gasteiger partial charge in [0.05, 0.1) is 10.2 Å². The summed E-state index contributed by atoms with van der Waals surface area (Å²) < 4.78 is 35.8. The summed E-state index contributed by atoms with van der Waals surface area (Å²) in [5.74, 6) is -0.441. The first-order valence-electron chi connectivity index (χ1n) is 6.07. The van der Waals surface area contributed by atoms with Crippen LogP contribution < -0.4 is 4.90 Å². The fourth-order valence-corrected chi connectivity index (χ4v) is 4.13. The van der Waals surface area contributed by atoms with Crippen LogP contribution in [0.3, 0.4) is 0 Å². The van der Waals surface area contributed by atoms with Crippen molar-refractivity contribution < 1.29 is 17.1 Å². The van der Waals surface area contributed by atoms with E-state index in [4.69, 9.17) is 11.6 Å². The predicted octanol–water partition coefficient (Wildman–Crippen LogP) is 2.66. The van der Waals surface area contributed by atoms with Gasteiger partial charge in [-0.05, 0) is 24.6 Å². The highest BCUT2D eigenvalue weighted by molar-refractivity contribution is 7.87. The average Bonchev–Trinajstić information content (AvgIpc) is 2.97. The topological polar surface area (TPSA) is 67.3 Å². The van der Waals surface area contributed by atoms with Crippen LogP contribution in [-0.4, -0.2) is 31.1 Å². The van der Waals surface area contributed by atoms with Gasteiger partial charge >= 0.3 is 10.2 Å². The van der Waals surface area contributed by atoms with Gasteiger partial charge in [0, 0.05) is 18.0 Å². The first-order valence-corrected chi connectivity index (χ1v) is 8.71. The van der Waals surface area contributed by atoms with Crippen LogP contribution in [0.2, 0.25) is 5.02 Å². The number of hydrogen-bond donors (Lipinski definition) is 0. The van der Waals surface area contributed by atoms with Gasteiger partial charge < -0.3 is 0 Å². The van der Waals surface area contributed by atoms with E-state index in [1.807, 2.05) is 6.92 Å². The summed E-state index contributed by atoms with van der Waals surface area (Å²) in [6.07, 6.45) is -0.353. The summed E-state index contributed by atoms with van der Waals surface area (Å²) >= 11 is 7.28. The molecule has 2 aromatic rings. The van der Waals surface area contributed by atoms with E-state index in [0.29, 0.717) is 15.7 Å². The predicted molar refractivity (Wildman–Crippen MR) is 80.2 cm³/mol. The molecule has 0 radical (unpaired) electrons. The molecule has 1 aliphatic heterocycles. The largest absolute Gasteiger partial charge is 0.307 e. The van der Waals surface area contributed by atoms with Crippen LogP contribution in [0.5, 0.6) is 0 Å². The molecular formula is C12H10ClFN2O3S2. The molecule has 21 heavy (non-hydrogen) atoms. The highest BCUT2D eigenvalue weighted by Crippen LogP contribution is 2.35. The Bertz CT molecular complexity index is 850. The van der Waals surface area contributed by atoms with Crippen LogP contribution in [0.4, 0.5) is 9.02 Å². The number of hydrogen-bond acceptors (Lipinski definition) is 5. The first kappa shape index (κ1) is 14.7. The Kier molecular flexibility index (Phi) is 3.42. The summed E-state index contributed by atoms with van der Waals surface area (Å²) in [4.78, 5) is 17.5. The Morgan fingerprint density at radius 1 is 1.48 bits per heavy atom. The Morgan fingerprint density at radius 3 is 2.81 bits per heavy atom. The molecule has 1 atom stereocenters. The number of nitrogens with zero attached hydrogens (tertiary/aromatic N) is 2. The van der Waals surface area contributed by atoms with Gasteiger partial charge in [0.2, 0.25) is 5.91 Å². The van der Waals surface area contributed by atoms with Gasteiger partial charge in [0.1, 0.15) is 5.25 Å². The van der Waals surface area contributed by atoms with Crippen molar-refractivity contribution in [3.63, 3.8) is 0 Å². The van der Waals surface area contributed by atoms with E-state index in [9.17, 15) is 17.1 Å². The molecular weight excluding hydrogens is 339 g/mol. The molecule has 3 rings (SSSR count). The summed E-state index contributed by atoms with van der Waals surface area (Å²) in [7, 11) is -4.73. The lowest BCUT2D eigenvalue weighted by atomic mass is 10.2. The van der Waals surface area contributed by atoms with Crippen molar-refractivity contribution in [1.82, 2.24) is 4.98 Å². The molecule has 1 aromatic heterocycles. The molecule has 5 nitrogen and oxygen atoms in total. The van der Waals surface area contributed by atoms with E-state index >= 15 is 0 Å². The molecule has 1 fully saturated rings. The lowest BCUT2D eigenvalue weighted by Gasteiger charge is -2.11. The van der Waals surface area contributed by atoms with Crippen molar-refractivity contribution in [2.75, 3.05) is 11.4 Å². The standard InChI is InChI=1S/C12H10ClFN2O3S2/c1-6-8(13)2-3-9-11(6)15-12(20-9)16-5-7(4-10(16)17)21(14,18)19/h2-3,7H,4-5H2,1H3. The minimum atomic E-state index is -4.73. The number of anilines is 1. The zero-order chi connectivity index (χ0) is 15.4. The molecule has 1 unspecified atom stereocenters. The molecule has 0 spiro atoms. The van der Waals surface area contributed by atoms with Gasteiger partial charge in [-0.3, -0.25) is 9.69 Å². The molecule has 112 valence electrons. The van der Waals surface area contributed by atoms with Gasteiger partial charge in [-0.15, -0.1) is 3.89 Å². The van der Waals surface area contributed by atoms with Crippen molar-refractivity contribution in [1.29, 1.82) is 0 Å². The molecule has 1 aliphatic rings. The van der Waals surface area contributed by atoms with Crippen LogP contribution >= 0.6 is 22.9 Å². The smallest absolute Gasteiger partial charge is 0.287 e. The summed E-state index contributed by atoms with van der Waals surface area (Å²) in [5, 5.41) is -0.385. The van der Waals surface area contributed by atoms with Crippen LogP contribution in [0.1, 0.15) is 12.0 Å². The van der Waals surface area contributed by atoms with Gasteiger partial charge in [-0.25, -0.2) is 4.98 Å². The fraction of sp³-hybridized carbons (Fsp3) is 0.333. The molecule has 9 heteroatoms. The van der Waals surface area contributed by atoms with Crippen LogP contribution in [0.15, 0.2) is 12.1 Å².